The molecule has 0 aliphatic rings. The van der Waals surface area contributed by atoms with Crippen molar-refractivity contribution in [3.05, 3.63) is 142 Å². The average Bonchev–Trinajstić information content (AvgIpc) is 3.46. The van der Waals surface area contributed by atoms with Gasteiger partial charge in [0.1, 0.15) is 19.8 Å². The highest BCUT2D eigenvalue weighted by atomic mass is 32.2. The fourth-order valence-corrected chi connectivity index (χ4v) is 9.66. The molecule has 4 aromatic carbocycles. The smallest absolute Gasteiger partial charge is 0.308 e. The summed E-state index contributed by atoms with van der Waals surface area (Å²) in [6, 6.07) is 33.0. The van der Waals surface area contributed by atoms with Crippen LogP contribution in [0.3, 0.4) is 0 Å². The minimum absolute atomic E-state index is 0.0181. The number of nitrogens with zero attached hydrogens (tertiary/aromatic N) is 2. The number of carbonyl (C=O) groups is 6. The van der Waals surface area contributed by atoms with Crippen molar-refractivity contribution in [1.29, 1.82) is 0 Å². The highest BCUT2D eigenvalue weighted by molar-refractivity contribution is 8.13. The van der Waals surface area contributed by atoms with Crippen LogP contribution in [0.1, 0.15) is 130 Å². The van der Waals surface area contributed by atoms with Gasteiger partial charge in [-0.3, -0.25) is 28.8 Å². The third kappa shape index (κ3) is 29.9. The molecule has 83 heavy (non-hydrogen) atoms. The van der Waals surface area contributed by atoms with Crippen LogP contribution in [-0.2, 0) is 78.1 Å². The second-order valence-electron chi connectivity index (χ2n) is 23.0. The number of rotatable bonds is 39. The number of esters is 5. The van der Waals surface area contributed by atoms with Crippen molar-refractivity contribution in [1.82, 2.24) is 9.80 Å². The normalized spacial score (nSPS) is 13.5. The Bertz CT molecular complexity index is 2460. The van der Waals surface area contributed by atoms with E-state index in [4.69, 9.17) is 28.4 Å². The quantitative estimate of drug-likeness (QED) is 0.0235. The van der Waals surface area contributed by atoms with Gasteiger partial charge in [0, 0.05) is 38.3 Å². The number of ether oxygens (including phenoxy) is 6. The lowest BCUT2D eigenvalue weighted by atomic mass is 10.0. The van der Waals surface area contributed by atoms with E-state index in [0.717, 1.165) is 60.0 Å². The first-order chi connectivity index (χ1) is 39.7. The van der Waals surface area contributed by atoms with Crippen LogP contribution in [0.25, 0.3) is 0 Å². The van der Waals surface area contributed by atoms with Gasteiger partial charge in [0.2, 0.25) is 0 Å². The van der Waals surface area contributed by atoms with Crippen molar-refractivity contribution in [2.45, 2.75) is 151 Å². The van der Waals surface area contributed by atoms with Crippen LogP contribution >= 0.6 is 11.8 Å². The van der Waals surface area contributed by atoms with E-state index in [1.165, 1.54) is 28.5 Å². The highest BCUT2D eigenvalue weighted by Gasteiger charge is 2.26. The van der Waals surface area contributed by atoms with Crippen molar-refractivity contribution in [3.8, 4) is 0 Å². The van der Waals surface area contributed by atoms with Gasteiger partial charge in [0.05, 0.1) is 24.4 Å². The first kappa shape index (κ1) is 69.5. The summed E-state index contributed by atoms with van der Waals surface area (Å²) in [5.41, 5.74) is 9.30. The molecule has 0 radical (unpaired) electrons. The Kier molecular flexibility index (Phi) is 32.4. The van der Waals surface area contributed by atoms with E-state index in [1.54, 1.807) is 18.7 Å². The minimum atomic E-state index is -1.06. The zero-order valence-corrected chi connectivity index (χ0v) is 52.3. The van der Waals surface area contributed by atoms with Crippen LogP contribution in [0.2, 0.25) is 0 Å². The summed E-state index contributed by atoms with van der Waals surface area (Å²) >= 11 is 1.19. The summed E-state index contributed by atoms with van der Waals surface area (Å²) in [6.07, 6.45) is 4.93. The number of hydrogen-bond donors (Lipinski definition) is 0. The van der Waals surface area contributed by atoms with Crippen LogP contribution in [0.5, 0.6) is 0 Å². The van der Waals surface area contributed by atoms with Gasteiger partial charge in [-0.05, 0) is 147 Å². The third-order valence-corrected chi connectivity index (χ3v) is 15.6. The summed E-state index contributed by atoms with van der Waals surface area (Å²) in [6.45, 7) is 16.6. The molecule has 15 heteroatoms. The second-order valence-corrected chi connectivity index (χ2v) is 24.1. The molecule has 0 spiro atoms. The minimum Gasteiger partial charge on any atom is -0.461 e. The van der Waals surface area contributed by atoms with Crippen LogP contribution in [0, 0.1) is 51.4 Å². The molecule has 4 aromatic rings. The van der Waals surface area contributed by atoms with E-state index in [-0.39, 0.29) is 88.2 Å². The SMILES string of the molecule is Cc1ccc(CCC(C)COCC(COC(=O)C(C)CCc2ccc(C)cc2)OC(=O)CCCN(CCCC(=O)OC(COC(=O)C(C)CCc2ccc(C)cc2)COC(=O)C(C)CCc2ccc(C)cc2)C(=O)SCCCN(C)C)cc1. The standard InChI is InChI=1S/C68H96N2O12S/c1-49-16-28-57(29-17-49)36-24-53(5)44-77-45-61(46-78-65(73)54(6)25-37-58-30-18-50(2)19-31-58)81-63(71)14-11-41-70(68(76)83-43-13-40-69(9)10)42-12-15-64(72)82-62(47-79-66(74)55(7)26-38-59-32-20-51(3)21-33-59)48-80-67(75)56(8)27-39-60-34-22-52(4)23-35-60/h16-23,28-35,53-56,61-62H,11-15,24-27,36-48H2,1-10H3. The molecule has 5 atom stereocenters. The Morgan fingerprint density at radius 2 is 0.771 bits per heavy atom. The van der Waals surface area contributed by atoms with E-state index < -0.39 is 47.9 Å². The molecule has 0 heterocycles. The largest absolute Gasteiger partial charge is 0.461 e. The summed E-state index contributed by atoms with van der Waals surface area (Å²) < 4.78 is 35.0. The van der Waals surface area contributed by atoms with E-state index in [0.29, 0.717) is 44.5 Å². The Morgan fingerprint density at radius 1 is 0.434 bits per heavy atom. The number of hydrogen-bond acceptors (Lipinski definition) is 14. The van der Waals surface area contributed by atoms with Crippen molar-refractivity contribution in [3.63, 3.8) is 0 Å². The Labute approximate surface area is 500 Å². The molecule has 0 N–H and O–H groups in total. The maximum Gasteiger partial charge on any atom is 0.308 e. The number of aryl methyl sites for hydroxylation is 8. The lowest BCUT2D eigenvalue weighted by Gasteiger charge is -2.23. The highest BCUT2D eigenvalue weighted by Crippen LogP contribution is 2.19. The van der Waals surface area contributed by atoms with E-state index in [9.17, 15) is 28.8 Å². The van der Waals surface area contributed by atoms with Gasteiger partial charge in [-0.1, -0.05) is 159 Å². The number of carbonyl (C=O) groups excluding carboxylic acids is 6. The van der Waals surface area contributed by atoms with Crippen LogP contribution in [0.4, 0.5) is 4.79 Å². The first-order valence-corrected chi connectivity index (χ1v) is 31.0. The molecule has 0 aliphatic heterocycles. The monoisotopic (exact) mass is 1160 g/mol. The maximum atomic E-state index is 13.7. The van der Waals surface area contributed by atoms with Gasteiger partial charge in [0.25, 0.3) is 5.24 Å². The molecule has 456 valence electrons. The summed E-state index contributed by atoms with van der Waals surface area (Å²) in [4.78, 5) is 84.2. The van der Waals surface area contributed by atoms with E-state index in [1.807, 2.05) is 90.3 Å². The van der Waals surface area contributed by atoms with E-state index >= 15 is 0 Å². The number of benzene rings is 4. The Hall–Kier alpha value is -6.03. The third-order valence-electron chi connectivity index (χ3n) is 14.6. The van der Waals surface area contributed by atoms with Crippen LogP contribution in [-0.4, -0.2) is 130 Å². The van der Waals surface area contributed by atoms with Crippen LogP contribution in [0.15, 0.2) is 97.1 Å². The van der Waals surface area contributed by atoms with Gasteiger partial charge in [-0.15, -0.1) is 0 Å². The topological polar surface area (TPSA) is 164 Å². The van der Waals surface area contributed by atoms with Gasteiger partial charge in [-0.25, -0.2) is 0 Å². The molecule has 0 aliphatic carbocycles. The van der Waals surface area contributed by atoms with Crippen molar-refractivity contribution >= 4 is 46.8 Å². The maximum absolute atomic E-state index is 13.7. The lowest BCUT2D eigenvalue weighted by Crippen LogP contribution is -2.34. The molecule has 0 bridgehead atoms. The summed E-state index contributed by atoms with van der Waals surface area (Å²) in [5, 5.41) is -0.179. The molecule has 4 rings (SSSR count). The summed E-state index contributed by atoms with van der Waals surface area (Å²) in [7, 11) is 3.95. The van der Waals surface area contributed by atoms with Gasteiger partial charge in [-0.2, -0.15) is 0 Å². The molecule has 1 amide bonds. The zero-order valence-electron chi connectivity index (χ0n) is 51.5. The molecule has 0 fully saturated rings. The van der Waals surface area contributed by atoms with Crippen molar-refractivity contribution in [2.75, 3.05) is 72.5 Å². The molecule has 0 aromatic heterocycles. The fourth-order valence-electron chi connectivity index (χ4n) is 8.85. The molecule has 14 nitrogen and oxygen atoms in total. The van der Waals surface area contributed by atoms with Crippen molar-refractivity contribution in [2.24, 2.45) is 23.7 Å². The second kappa shape index (κ2) is 38.8. The Morgan fingerprint density at radius 3 is 1.12 bits per heavy atom. The molecular weight excluding hydrogens is 1070 g/mol. The molecule has 0 saturated carbocycles. The lowest BCUT2D eigenvalue weighted by molar-refractivity contribution is -0.169. The van der Waals surface area contributed by atoms with Gasteiger partial charge < -0.3 is 38.2 Å². The number of amides is 1. The molecule has 5 unspecified atom stereocenters. The first-order valence-electron chi connectivity index (χ1n) is 30.0. The zero-order chi connectivity index (χ0) is 60.5. The van der Waals surface area contributed by atoms with E-state index in [2.05, 4.69) is 67.3 Å². The fraction of sp³-hybridized carbons (Fsp3) is 0.559. The average molecular weight is 1170 g/mol. The number of thioether (sulfide) groups is 1. The summed E-state index contributed by atoms with van der Waals surface area (Å²) in [5.74, 6) is -2.83. The predicted molar refractivity (Wildman–Crippen MR) is 329 cm³/mol. The Balaban J connectivity index is 1.34. The van der Waals surface area contributed by atoms with Gasteiger partial charge >= 0.3 is 29.8 Å². The molecular formula is C68H96N2O12S. The van der Waals surface area contributed by atoms with Crippen molar-refractivity contribution < 1.29 is 57.2 Å². The van der Waals surface area contributed by atoms with Gasteiger partial charge in [0.15, 0.2) is 12.2 Å². The predicted octanol–water partition coefficient (Wildman–Crippen LogP) is 12.4. The molecule has 0 saturated heterocycles. The van der Waals surface area contributed by atoms with Crippen LogP contribution < -0.4 is 0 Å².